The van der Waals surface area contributed by atoms with Crippen LogP contribution < -0.4 is 0 Å². The minimum atomic E-state index is -0.262. The van der Waals surface area contributed by atoms with Gasteiger partial charge >= 0.3 is 0 Å². The van der Waals surface area contributed by atoms with E-state index in [1.54, 1.807) is 19.0 Å². The van der Waals surface area contributed by atoms with Crippen molar-refractivity contribution in [1.82, 2.24) is 24.2 Å². The number of nitrogens with zero attached hydrogens (tertiary/aromatic N) is 5. The van der Waals surface area contributed by atoms with Gasteiger partial charge in [0.25, 0.3) is 0 Å². The number of carbonyl (C=O) groups excluding carboxylic acids is 1. The quantitative estimate of drug-likeness (QED) is 0.811. The molecular weight excluding hydrogens is 278 g/mol. The van der Waals surface area contributed by atoms with E-state index in [1.165, 1.54) is 0 Å². The first-order valence-corrected chi connectivity index (χ1v) is 7.08. The van der Waals surface area contributed by atoms with Gasteiger partial charge in [-0.25, -0.2) is 9.67 Å². The van der Waals surface area contributed by atoms with Gasteiger partial charge in [-0.15, -0.1) is 11.6 Å². The van der Waals surface area contributed by atoms with Crippen LogP contribution in [-0.2, 0) is 17.9 Å². The van der Waals surface area contributed by atoms with Crippen LogP contribution in [0.25, 0.3) is 11.2 Å². The highest BCUT2D eigenvalue weighted by molar-refractivity contribution is 6.20. The highest BCUT2D eigenvalue weighted by Gasteiger charge is 2.22. The average molecular weight is 298 g/mol. The van der Waals surface area contributed by atoms with Crippen LogP contribution >= 0.6 is 11.6 Å². The molecule has 0 N–H and O–H groups in total. The van der Waals surface area contributed by atoms with Crippen molar-refractivity contribution in [1.29, 1.82) is 0 Å². The van der Waals surface area contributed by atoms with Crippen LogP contribution in [-0.4, -0.2) is 44.2 Å². The Hall–Kier alpha value is -1.56. The first-order chi connectivity index (χ1) is 9.36. The molecule has 0 bridgehead atoms. The van der Waals surface area contributed by atoms with Gasteiger partial charge in [-0.3, -0.25) is 4.79 Å². The average Bonchev–Trinajstić information content (AvgIpc) is 2.88. The van der Waals surface area contributed by atoms with Crippen LogP contribution in [0.4, 0.5) is 0 Å². The van der Waals surface area contributed by atoms with E-state index in [4.69, 9.17) is 11.6 Å². The minimum Gasteiger partial charge on any atom is -0.347 e. The van der Waals surface area contributed by atoms with Gasteiger partial charge in [-0.1, -0.05) is 0 Å². The Morgan fingerprint density at radius 3 is 2.60 bits per heavy atom. The Morgan fingerprint density at radius 1 is 1.45 bits per heavy atom. The molecule has 0 fully saturated rings. The van der Waals surface area contributed by atoms with Crippen molar-refractivity contribution in [2.24, 2.45) is 0 Å². The maximum Gasteiger partial charge on any atom is 0.242 e. The Kier molecular flexibility index (Phi) is 4.04. The Balaban J connectivity index is 2.63. The summed E-state index contributed by atoms with van der Waals surface area (Å²) in [4.78, 5) is 18.2. The van der Waals surface area contributed by atoms with Crippen LogP contribution in [0.2, 0.25) is 0 Å². The van der Waals surface area contributed by atoms with Crippen molar-refractivity contribution in [3.63, 3.8) is 0 Å². The van der Waals surface area contributed by atoms with Crippen LogP contribution in [0.1, 0.15) is 30.7 Å². The van der Waals surface area contributed by atoms with Crippen molar-refractivity contribution in [2.45, 2.75) is 39.2 Å². The van der Waals surface area contributed by atoms with Gasteiger partial charge in [0, 0.05) is 20.6 Å². The van der Waals surface area contributed by atoms with Gasteiger partial charge in [-0.2, -0.15) is 5.10 Å². The first-order valence-electron chi connectivity index (χ1n) is 6.64. The third kappa shape index (κ3) is 2.40. The molecule has 1 atom stereocenters. The number of likely N-dealkylation sites (N-methyl/N-ethyl adjacent to an activating group) is 1. The standard InChI is InChI=1S/C13H20ClN5O/c1-6-19-13-11(9(3)16-19)15-12(8(2)14)18(13)7-10(20)17(4)5/h8H,6-7H2,1-5H3. The molecule has 1 unspecified atom stereocenters. The molecule has 0 aliphatic carbocycles. The summed E-state index contributed by atoms with van der Waals surface area (Å²) >= 11 is 6.21. The highest BCUT2D eigenvalue weighted by Crippen LogP contribution is 2.26. The number of carbonyl (C=O) groups is 1. The summed E-state index contributed by atoms with van der Waals surface area (Å²) < 4.78 is 3.74. The number of fused-ring (bicyclic) bond motifs is 1. The molecule has 2 heterocycles. The summed E-state index contributed by atoms with van der Waals surface area (Å²) in [6, 6.07) is 0. The number of rotatable bonds is 4. The van der Waals surface area contributed by atoms with Crippen molar-refractivity contribution >= 4 is 28.7 Å². The SMILES string of the molecule is CCn1nc(C)c2nc(C(C)Cl)n(CC(=O)N(C)C)c21. The summed E-state index contributed by atoms with van der Waals surface area (Å²) in [5.41, 5.74) is 2.54. The van der Waals surface area contributed by atoms with Gasteiger partial charge in [-0.05, 0) is 20.8 Å². The summed E-state index contributed by atoms with van der Waals surface area (Å²) in [5.74, 6) is 0.712. The fourth-order valence-electron chi connectivity index (χ4n) is 2.20. The summed E-state index contributed by atoms with van der Waals surface area (Å²) in [6.45, 7) is 6.74. The molecule has 0 saturated carbocycles. The molecule has 6 nitrogen and oxygen atoms in total. The minimum absolute atomic E-state index is 0.00405. The van der Waals surface area contributed by atoms with Gasteiger partial charge in [0.1, 0.15) is 17.9 Å². The van der Waals surface area contributed by atoms with Crippen molar-refractivity contribution in [3.8, 4) is 0 Å². The predicted molar refractivity (Wildman–Crippen MR) is 78.9 cm³/mol. The van der Waals surface area contributed by atoms with Crippen LogP contribution in [0, 0.1) is 6.92 Å². The van der Waals surface area contributed by atoms with E-state index in [9.17, 15) is 4.79 Å². The molecular formula is C13H20ClN5O. The van der Waals surface area contributed by atoms with E-state index >= 15 is 0 Å². The second-order valence-corrected chi connectivity index (χ2v) is 5.69. The Labute approximate surface area is 123 Å². The molecule has 7 heteroatoms. The monoisotopic (exact) mass is 297 g/mol. The molecule has 0 radical (unpaired) electrons. The number of aryl methyl sites for hydroxylation is 2. The lowest BCUT2D eigenvalue weighted by molar-refractivity contribution is -0.129. The van der Waals surface area contributed by atoms with E-state index in [-0.39, 0.29) is 17.8 Å². The van der Waals surface area contributed by atoms with E-state index in [0.717, 1.165) is 23.4 Å². The fraction of sp³-hybridized carbons (Fsp3) is 0.615. The van der Waals surface area contributed by atoms with Gasteiger partial charge in [0.05, 0.1) is 11.1 Å². The normalized spacial score (nSPS) is 12.9. The zero-order valence-corrected chi connectivity index (χ0v) is 13.3. The van der Waals surface area contributed by atoms with E-state index in [0.29, 0.717) is 5.82 Å². The topological polar surface area (TPSA) is 56.0 Å². The van der Waals surface area contributed by atoms with Gasteiger partial charge < -0.3 is 9.47 Å². The van der Waals surface area contributed by atoms with Crippen molar-refractivity contribution in [3.05, 3.63) is 11.5 Å². The number of halogens is 1. The van der Waals surface area contributed by atoms with Crippen LogP contribution in [0.15, 0.2) is 0 Å². The largest absolute Gasteiger partial charge is 0.347 e. The second kappa shape index (κ2) is 5.44. The number of aromatic nitrogens is 4. The maximum atomic E-state index is 12.0. The smallest absolute Gasteiger partial charge is 0.242 e. The summed E-state index contributed by atoms with van der Waals surface area (Å²) in [6.07, 6.45) is 0. The third-order valence-corrected chi connectivity index (χ3v) is 3.47. The molecule has 0 aliphatic rings. The zero-order valence-electron chi connectivity index (χ0n) is 12.5. The van der Waals surface area contributed by atoms with E-state index < -0.39 is 0 Å². The van der Waals surface area contributed by atoms with Crippen LogP contribution in [0.3, 0.4) is 0 Å². The number of imidazole rings is 1. The first kappa shape index (κ1) is 14.8. The molecule has 0 aromatic carbocycles. The lowest BCUT2D eigenvalue weighted by atomic mass is 10.4. The molecule has 0 spiro atoms. The molecule has 1 amide bonds. The fourth-order valence-corrected chi connectivity index (χ4v) is 2.36. The predicted octanol–water partition coefficient (Wildman–Crippen LogP) is 1.95. The number of hydrogen-bond donors (Lipinski definition) is 0. The molecule has 2 rings (SSSR count). The second-order valence-electron chi connectivity index (χ2n) is 5.03. The third-order valence-electron chi connectivity index (χ3n) is 3.28. The lowest BCUT2D eigenvalue weighted by Gasteiger charge is -2.14. The molecule has 2 aromatic heterocycles. The molecule has 0 aliphatic heterocycles. The number of alkyl halides is 1. The van der Waals surface area contributed by atoms with Gasteiger partial charge in [0.2, 0.25) is 5.91 Å². The number of hydrogen-bond acceptors (Lipinski definition) is 3. The van der Waals surface area contributed by atoms with Crippen LogP contribution in [0.5, 0.6) is 0 Å². The molecule has 110 valence electrons. The zero-order chi connectivity index (χ0) is 15.0. The maximum absolute atomic E-state index is 12.0. The van der Waals surface area contributed by atoms with E-state index in [1.807, 2.05) is 30.0 Å². The molecule has 2 aromatic rings. The van der Waals surface area contributed by atoms with E-state index in [2.05, 4.69) is 10.1 Å². The Morgan fingerprint density at radius 2 is 2.10 bits per heavy atom. The Bertz CT molecular complexity index is 641. The van der Waals surface area contributed by atoms with Crippen molar-refractivity contribution < 1.29 is 4.79 Å². The van der Waals surface area contributed by atoms with Gasteiger partial charge in [0.15, 0.2) is 5.65 Å². The summed E-state index contributed by atoms with van der Waals surface area (Å²) in [5, 5.41) is 4.18. The molecule has 20 heavy (non-hydrogen) atoms. The summed E-state index contributed by atoms with van der Waals surface area (Å²) in [7, 11) is 3.48. The molecule has 0 saturated heterocycles. The van der Waals surface area contributed by atoms with Crippen molar-refractivity contribution in [2.75, 3.05) is 14.1 Å². The number of amides is 1. The highest BCUT2D eigenvalue weighted by atomic mass is 35.5. The lowest BCUT2D eigenvalue weighted by Crippen LogP contribution is -2.27.